The molecule has 2 rings (SSSR count). The number of thiophene rings is 1. The summed E-state index contributed by atoms with van der Waals surface area (Å²) in [7, 11) is 0. The average Bonchev–Trinajstić information content (AvgIpc) is 2.87. The van der Waals surface area contributed by atoms with Crippen molar-refractivity contribution in [2.24, 2.45) is 0 Å². The Balaban J connectivity index is 1.86. The molecule has 1 aromatic rings. The van der Waals surface area contributed by atoms with Gasteiger partial charge in [0.15, 0.2) is 0 Å². The summed E-state index contributed by atoms with van der Waals surface area (Å²) in [6, 6.07) is 4.04. The van der Waals surface area contributed by atoms with Crippen LogP contribution in [0, 0.1) is 0 Å². The van der Waals surface area contributed by atoms with Gasteiger partial charge in [-0.2, -0.15) is 0 Å². The van der Waals surface area contributed by atoms with Gasteiger partial charge in [-0.15, -0.1) is 11.3 Å². The lowest BCUT2D eigenvalue weighted by Gasteiger charge is -2.42. The Labute approximate surface area is 124 Å². The molecule has 0 radical (unpaired) electrons. The fraction of sp³-hybridized carbons (Fsp3) is 0.600. The van der Waals surface area contributed by atoms with Gasteiger partial charge in [-0.1, -0.05) is 6.07 Å². The van der Waals surface area contributed by atoms with Gasteiger partial charge in [-0.25, -0.2) is 0 Å². The molecule has 0 aromatic carbocycles. The van der Waals surface area contributed by atoms with E-state index in [9.17, 15) is 9.59 Å². The topological polar surface area (TPSA) is 40.6 Å². The van der Waals surface area contributed by atoms with E-state index in [1.165, 1.54) is 4.88 Å². The molecule has 0 atom stereocenters. The summed E-state index contributed by atoms with van der Waals surface area (Å²) in [5.74, 6) is 0.133. The van der Waals surface area contributed by atoms with Crippen LogP contribution in [-0.2, 0) is 16.0 Å². The second-order valence-corrected chi connectivity index (χ2v) is 7.14. The van der Waals surface area contributed by atoms with Crippen molar-refractivity contribution >= 4 is 23.2 Å². The molecule has 5 heteroatoms. The lowest BCUT2D eigenvalue weighted by atomic mass is 10.0. The summed E-state index contributed by atoms with van der Waals surface area (Å²) < 4.78 is 0. The Morgan fingerprint density at radius 3 is 2.65 bits per heavy atom. The van der Waals surface area contributed by atoms with E-state index in [2.05, 4.69) is 0 Å². The summed E-state index contributed by atoms with van der Waals surface area (Å²) in [4.78, 5) is 29.0. The van der Waals surface area contributed by atoms with Crippen LogP contribution in [0.5, 0.6) is 0 Å². The van der Waals surface area contributed by atoms with E-state index >= 15 is 0 Å². The highest BCUT2D eigenvalue weighted by molar-refractivity contribution is 7.09. The predicted molar refractivity (Wildman–Crippen MR) is 80.7 cm³/mol. The van der Waals surface area contributed by atoms with Crippen molar-refractivity contribution in [1.29, 1.82) is 0 Å². The molecule has 2 heterocycles. The van der Waals surface area contributed by atoms with E-state index in [1.54, 1.807) is 16.2 Å². The minimum Gasteiger partial charge on any atom is -0.335 e. The molecule has 0 aliphatic carbocycles. The maximum Gasteiger partial charge on any atom is 0.242 e. The van der Waals surface area contributed by atoms with Crippen LogP contribution >= 0.6 is 11.3 Å². The highest BCUT2D eigenvalue weighted by Gasteiger charge is 2.32. The molecule has 1 aliphatic heterocycles. The quantitative estimate of drug-likeness (QED) is 0.857. The minimum atomic E-state index is -0.164. The van der Waals surface area contributed by atoms with Gasteiger partial charge in [0.25, 0.3) is 0 Å². The second-order valence-electron chi connectivity index (χ2n) is 6.11. The first-order chi connectivity index (χ1) is 9.38. The molecular formula is C15H22N2O2S. The van der Waals surface area contributed by atoms with E-state index in [-0.39, 0.29) is 23.9 Å². The Morgan fingerprint density at radius 1 is 1.35 bits per heavy atom. The largest absolute Gasteiger partial charge is 0.335 e. The average molecular weight is 294 g/mol. The van der Waals surface area contributed by atoms with Crippen LogP contribution in [0.15, 0.2) is 17.5 Å². The molecule has 20 heavy (non-hydrogen) atoms. The first-order valence-electron chi connectivity index (χ1n) is 6.98. The SMILES string of the molecule is CC(C)(C)N1CCN(C(=O)CCc2cccs2)CC1=O. The summed E-state index contributed by atoms with van der Waals surface area (Å²) in [6.45, 7) is 7.58. The maximum absolute atomic E-state index is 12.2. The summed E-state index contributed by atoms with van der Waals surface area (Å²) >= 11 is 1.67. The van der Waals surface area contributed by atoms with Gasteiger partial charge in [0.1, 0.15) is 0 Å². The number of aryl methyl sites for hydroxylation is 1. The van der Waals surface area contributed by atoms with Crippen molar-refractivity contribution in [2.45, 2.75) is 39.2 Å². The van der Waals surface area contributed by atoms with E-state index < -0.39 is 0 Å². The first kappa shape index (κ1) is 15.0. The molecule has 1 saturated heterocycles. The Morgan fingerprint density at radius 2 is 2.10 bits per heavy atom. The zero-order valence-corrected chi connectivity index (χ0v) is 13.2. The lowest BCUT2D eigenvalue weighted by Crippen LogP contribution is -2.58. The Bertz CT molecular complexity index is 477. The van der Waals surface area contributed by atoms with Crippen molar-refractivity contribution in [1.82, 2.24) is 9.80 Å². The number of carbonyl (C=O) groups excluding carboxylic acids is 2. The van der Waals surface area contributed by atoms with Crippen molar-refractivity contribution in [3.05, 3.63) is 22.4 Å². The fourth-order valence-electron chi connectivity index (χ4n) is 2.44. The van der Waals surface area contributed by atoms with Gasteiger partial charge in [0.2, 0.25) is 11.8 Å². The summed E-state index contributed by atoms with van der Waals surface area (Å²) in [5.41, 5.74) is -0.164. The van der Waals surface area contributed by atoms with E-state index in [1.807, 2.05) is 43.2 Å². The van der Waals surface area contributed by atoms with Crippen LogP contribution in [0.4, 0.5) is 0 Å². The van der Waals surface area contributed by atoms with Gasteiger partial charge < -0.3 is 9.80 Å². The predicted octanol–water partition coefficient (Wildman–Crippen LogP) is 2.15. The molecule has 0 spiro atoms. The molecule has 0 N–H and O–H groups in total. The van der Waals surface area contributed by atoms with Crippen LogP contribution in [0.2, 0.25) is 0 Å². The van der Waals surface area contributed by atoms with E-state index in [4.69, 9.17) is 0 Å². The molecule has 1 aliphatic rings. The van der Waals surface area contributed by atoms with Crippen molar-refractivity contribution in [3.8, 4) is 0 Å². The molecule has 4 nitrogen and oxygen atoms in total. The zero-order chi connectivity index (χ0) is 14.8. The Kier molecular flexibility index (Phi) is 4.48. The number of piperazine rings is 1. The zero-order valence-electron chi connectivity index (χ0n) is 12.4. The highest BCUT2D eigenvalue weighted by atomic mass is 32.1. The number of hydrogen-bond donors (Lipinski definition) is 0. The normalized spacial score (nSPS) is 16.6. The second kappa shape index (κ2) is 5.95. The smallest absolute Gasteiger partial charge is 0.242 e. The lowest BCUT2D eigenvalue weighted by molar-refractivity contribution is -0.149. The first-order valence-corrected chi connectivity index (χ1v) is 7.86. The van der Waals surface area contributed by atoms with Crippen LogP contribution in [0.25, 0.3) is 0 Å². The van der Waals surface area contributed by atoms with Crippen LogP contribution in [0.1, 0.15) is 32.1 Å². The van der Waals surface area contributed by atoms with Gasteiger partial charge in [0, 0.05) is 29.9 Å². The van der Waals surface area contributed by atoms with Crippen LogP contribution < -0.4 is 0 Å². The number of hydrogen-bond acceptors (Lipinski definition) is 3. The van der Waals surface area contributed by atoms with Gasteiger partial charge in [-0.05, 0) is 38.6 Å². The third kappa shape index (κ3) is 3.60. The van der Waals surface area contributed by atoms with E-state index in [0.29, 0.717) is 19.5 Å². The van der Waals surface area contributed by atoms with Crippen LogP contribution in [-0.4, -0.2) is 46.8 Å². The number of amides is 2. The van der Waals surface area contributed by atoms with Gasteiger partial charge in [0.05, 0.1) is 6.54 Å². The van der Waals surface area contributed by atoms with Crippen LogP contribution in [0.3, 0.4) is 0 Å². The summed E-state index contributed by atoms with van der Waals surface area (Å²) in [6.07, 6.45) is 1.26. The number of carbonyl (C=O) groups is 2. The molecule has 110 valence electrons. The number of nitrogens with zero attached hydrogens (tertiary/aromatic N) is 2. The van der Waals surface area contributed by atoms with Crippen molar-refractivity contribution in [3.63, 3.8) is 0 Å². The highest BCUT2D eigenvalue weighted by Crippen LogP contribution is 2.18. The fourth-order valence-corrected chi connectivity index (χ4v) is 3.15. The van der Waals surface area contributed by atoms with E-state index in [0.717, 1.165) is 6.42 Å². The molecular weight excluding hydrogens is 272 g/mol. The Hall–Kier alpha value is -1.36. The molecule has 1 fully saturated rings. The minimum absolute atomic E-state index is 0.0493. The third-order valence-corrected chi connectivity index (χ3v) is 4.48. The molecule has 0 unspecified atom stereocenters. The molecule has 1 aromatic heterocycles. The van der Waals surface area contributed by atoms with Crippen molar-refractivity contribution < 1.29 is 9.59 Å². The molecule has 0 saturated carbocycles. The van der Waals surface area contributed by atoms with Gasteiger partial charge >= 0.3 is 0 Å². The number of rotatable bonds is 3. The maximum atomic E-state index is 12.2. The monoisotopic (exact) mass is 294 g/mol. The third-order valence-electron chi connectivity index (χ3n) is 3.55. The molecule has 0 bridgehead atoms. The van der Waals surface area contributed by atoms with Crippen molar-refractivity contribution in [2.75, 3.05) is 19.6 Å². The summed E-state index contributed by atoms with van der Waals surface area (Å²) in [5, 5.41) is 2.02. The standard InChI is InChI=1S/C15H22N2O2S/c1-15(2,3)17-9-8-16(11-14(17)19)13(18)7-6-12-5-4-10-20-12/h4-5,10H,6-9,11H2,1-3H3. The van der Waals surface area contributed by atoms with Gasteiger partial charge in [-0.3, -0.25) is 9.59 Å². The molecule has 2 amide bonds.